The topological polar surface area (TPSA) is 95.9 Å². The molecule has 0 bridgehead atoms. The summed E-state index contributed by atoms with van der Waals surface area (Å²) in [7, 11) is 0. The fraction of sp³-hybridized carbons (Fsp3) is 0.769. The summed E-state index contributed by atoms with van der Waals surface area (Å²) in [5.74, 6) is -0.521. The van der Waals surface area contributed by atoms with Crippen LogP contribution in [0.4, 0.5) is 0 Å². The van der Waals surface area contributed by atoms with Gasteiger partial charge in [0.2, 0.25) is 5.91 Å². The second-order valence-electron chi connectivity index (χ2n) is 16.6. The number of hydrogen-bond acceptors (Lipinski definition) is 5. The predicted molar refractivity (Wildman–Crippen MR) is 250 cm³/mol. The minimum absolute atomic E-state index is 0.0607. The molecule has 3 unspecified atom stereocenters. The van der Waals surface area contributed by atoms with Crippen molar-refractivity contribution in [3.8, 4) is 0 Å². The third-order valence-corrected chi connectivity index (χ3v) is 11.0. The maximum absolute atomic E-state index is 13.2. The highest BCUT2D eigenvalue weighted by Crippen LogP contribution is 2.18. The van der Waals surface area contributed by atoms with E-state index in [1.165, 1.54) is 116 Å². The Kier molecular flexibility index (Phi) is 43.7. The van der Waals surface area contributed by atoms with Crippen molar-refractivity contribution in [2.24, 2.45) is 0 Å². The number of amides is 1. The maximum atomic E-state index is 13.2. The molecule has 0 aliphatic rings. The Morgan fingerprint density at radius 3 is 1.40 bits per heavy atom. The van der Waals surface area contributed by atoms with E-state index in [0.717, 1.165) is 70.6 Å². The molecule has 0 saturated heterocycles. The largest absolute Gasteiger partial charge is 0.462 e. The smallest absolute Gasteiger partial charge is 0.306 e. The Balaban J connectivity index is 4.62. The minimum atomic E-state index is -0.794. The molecule has 336 valence electrons. The second-order valence-corrected chi connectivity index (χ2v) is 16.6. The summed E-state index contributed by atoms with van der Waals surface area (Å²) in [4.78, 5) is 26.0. The van der Waals surface area contributed by atoms with Gasteiger partial charge in [0.05, 0.1) is 25.2 Å². The number of esters is 1. The number of carbonyl (C=O) groups excluding carboxylic acids is 2. The number of hydrogen-bond donors (Lipinski definition) is 3. The minimum Gasteiger partial charge on any atom is -0.462 e. The molecule has 6 heteroatoms. The number of aliphatic hydroxyl groups is 2. The lowest BCUT2D eigenvalue weighted by Crippen LogP contribution is -2.46. The van der Waals surface area contributed by atoms with Crippen molar-refractivity contribution in [1.29, 1.82) is 0 Å². The lowest BCUT2D eigenvalue weighted by atomic mass is 10.0. The van der Waals surface area contributed by atoms with Crippen LogP contribution in [0, 0.1) is 0 Å². The molecule has 0 aromatic rings. The van der Waals surface area contributed by atoms with Gasteiger partial charge in [0.1, 0.15) is 6.10 Å². The van der Waals surface area contributed by atoms with E-state index in [4.69, 9.17) is 4.74 Å². The van der Waals surface area contributed by atoms with Gasteiger partial charge in [-0.25, -0.2) is 0 Å². The van der Waals surface area contributed by atoms with Gasteiger partial charge >= 0.3 is 5.97 Å². The Hall–Kier alpha value is -2.44. The second kappa shape index (κ2) is 45.6. The first-order valence-corrected chi connectivity index (χ1v) is 24.6. The first-order chi connectivity index (χ1) is 28.5. The van der Waals surface area contributed by atoms with E-state index in [0.29, 0.717) is 19.3 Å². The third-order valence-electron chi connectivity index (χ3n) is 11.0. The van der Waals surface area contributed by atoms with E-state index >= 15 is 0 Å². The normalized spacial score (nSPS) is 13.8. The summed E-state index contributed by atoms with van der Waals surface area (Å²) < 4.78 is 5.90. The van der Waals surface area contributed by atoms with Gasteiger partial charge in [-0.3, -0.25) is 9.59 Å². The third kappa shape index (κ3) is 40.3. The zero-order valence-corrected chi connectivity index (χ0v) is 38.2. The zero-order valence-electron chi connectivity index (χ0n) is 38.2. The van der Waals surface area contributed by atoms with Crippen molar-refractivity contribution in [2.45, 2.75) is 251 Å². The van der Waals surface area contributed by atoms with Gasteiger partial charge < -0.3 is 20.3 Å². The molecule has 0 spiro atoms. The lowest BCUT2D eigenvalue weighted by molar-refractivity contribution is -0.151. The van der Waals surface area contributed by atoms with Gasteiger partial charge in [-0.05, 0) is 44.9 Å². The molecular weight excluding hydrogens is 719 g/mol. The van der Waals surface area contributed by atoms with Crippen LogP contribution in [-0.2, 0) is 14.3 Å². The number of allylic oxidation sites excluding steroid dienone is 10. The van der Waals surface area contributed by atoms with Crippen LogP contribution in [0.3, 0.4) is 0 Å². The van der Waals surface area contributed by atoms with Gasteiger partial charge in [-0.15, -0.1) is 0 Å². The molecule has 0 heterocycles. The number of nitrogens with one attached hydrogen (secondary N) is 1. The van der Waals surface area contributed by atoms with Gasteiger partial charge in [0, 0.05) is 6.42 Å². The van der Waals surface area contributed by atoms with E-state index in [1.807, 2.05) is 42.5 Å². The fourth-order valence-corrected chi connectivity index (χ4v) is 7.27. The van der Waals surface area contributed by atoms with Crippen LogP contribution in [-0.4, -0.2) is 46.9 Å². The van der Waals surface area contributed by atoms with Crippen LogP contribution in [0.25, 0.3) is 0 Å². The number of aliphatic hydroxyl groups excluding tert-OH is 2. The summed E-state index contributed by atoms with van der Waals surface area (Å²) in [6.07, 6.45) is 55.6. The summed E-state index contributed by atoms with van der Waals surface area (Å²) in [6.45, 7) is 6.32. The molecule has 0 aromatic heterocycles. The van der Waals surface area contributed by atoms with Crippen molar-refractivity contribution >= 4 is 11.9 Å². The number of ether oxygens (including phenoxy) is 1. The van der Waals surface area contributed by atoms with Gasteiger partial charge in [-0.1, -0.05) is 236 Å². The molecule has 0 fully saturated rings. The van der Waals surface area contributed by atoms with Crippen LogP contribution in [0.1, 0.15) is 233 Å². The quantitative estimate of drug-likeness (QED) is 0.0324. The highest BCUT2D eigenvalue weighted by Gasteiger charge is 2.24. The summed E-state index contributed by atoms with van der Waals surface area (Å²) in [5, 5.41) is 23.7. The average molecular weight is 812 g/mol. The SMILES string of the molecule is CC/C=C/C=C/C=C\C=C/C=C/CCCCCC(=O)OC(CCCCCCCCCCCCC)CC(=O)NC(CO)C(O)CCCCCCCCCCCCCCC. The first-order valence-electron chi connectivity index (χ1n) is 24.6. The molecule has 0 aliphatic carbocycles. The Labute approximate surface area is 358 Å². The Morgan fingerprint density at radius 2 is 0.931 bits per heavy atom. The maximum Gasteiger partial charge on any atom is 0.306 e. The number of unbranched alkanes of at least 4 members (excludes halogenated alkanes) is 25. The van der Waals surface area contributed by atoms with Crippen molar-refractivity contribution in [3.05, 3.63) is 60.8 Å². The Bertz CT molecular complexity index is 1050. The molecule has 0 aliphatic heterocycles. The van der Waals surface area contributed by atoms with E-state index in [9.17, 15) is 19.8 Å². The molecule has 0 aromatic carbocycles. The van der Waals surface area contributed by atoms with Crippen LogP contribution in [0.2, 0.25) is 0 Å². The highest BCUT2D eigenvalue weighted by molar-refractivity contribution is 5.77. The monoisotopic (exact) mass is 812 g/mol. The molecule has 58 heavy (non-hydrogen) atoms. The van der Waals surface area contributed by atoms with E-state index < -0.39 is 18.2 Å². The molecule has 3 atom stereocenters. The molecule has 3 N–H and O–H groups in total. The van der Waals surface area contributed by atoms with Crippen LogP contribution in [0.5, 0.6) is 0 Å². The average Bonchev–Trinajstić information content (AvgIpc) is 3.22. The summed E-state index contributed by atoms with van der Waals surface area (Å²) in [6, 6.07) is -0.709. The van der Waals surface area contributed by atoms with Gasteiger partial charge in [0.15, 0.2) is 0 Å². The van der Waals surface area contributed by atoms with E-state index in [2.05, 4.69) is 44.3 Å². The van der Waals surface area contributed by atoms with E-state index in [1.54, 1.807) is 0 Å². The highest BCUT2D eigenvalue weighted by atomic mass is 16.5. The van der Waals surface area contributed by atoms with E-state index in [-0.39, 0.29) is 24.9 Å². The van der Waals surface area contributed by atoms with Crippen molar-refractivity contribution in [1.82, 2.24) is 5.32 Å². The van der Waals surface area contributed by atoms with Crippen molar-refractivity contribution < 1.29 is 24.5 Å². The van der Waals surface area contributed by atoms with Gasteiger partial charge in [0.25, 0.3) is 0 Å². The summed E-state index contributed by atoms with van der Waals surface area (Å²) in [5.41, 5.74) is 0. The van der Waals surface area contributed by atoms with Gasteiger partial charge in [-0.2, -0.15) is 0 Å². The Morgan fingerprint density at radius 1 is 0.517 bits per heavy atom. The van der Waals surface area contributed by atoms with Crippen molar-refractivity contribution in [2.75, 3.05) is 6.61 Å². The molecular formula is C52H93NO5. The number of carbonyl (C=O) groups is 2. The zero-order chi connectivity index (χ0) is 42.4. The first kappa shape index (κ1) is 55.6. The molecule has 6 nitrogen and oxygen atoms in total. The fourth-order valence-electron chi connectivity index (χ4n) is 7.27. The lowest BCUT2D eigenvalue weighted by Gasteiger charge is -2.24. The predicted octanol–water partition coefficient (Wildman–Crippen LogP) is 14.5. The molecule has 1 amide bonds. The molecule has 0 rings (SSSR count). The van der Waals surface area contributed by atoms with Crippen LogP contribution < -0.4 is 5.32 Å². The van der Waals surface area contributed by atoms with Crippen LogP contribution in [0.15, 0.2) is 60.8 Å². The number of rotatable bonds is 43. The molecule has 0 saturated carbocycles. The standard InChI is InChI=1S/C52H93NO5/c1-4-7-10-13-16-19-22-24-25-27-30-33-36-39-42-45-52(57)58-48(43-40-37-34-31-28-21-18-15-12-9-6-3)46-51(56)53-49(47-54)50(55)44-41-38-35-32-29-26-23-20-17-14-11-8-5-2/h7,10,13,16,19,22,24-25,27,30,48-50,54-55H,4-6,8-9,11-12,14-15,17-18,20-21,23,26,28-29,31-47H2,1-3H3,(H,53,56)/b10-7+,16-13+,22-19-,25-24-,30-27+. The summed E-state index contributed by atoms with van der Waals surface area (Å²) >= 11 is 0. The van der Waals surface area contributed by atoms with Crippen LogP contribution >= 0.6 is 0 Å². The molecule has 0 radical (unpaired) electrons. The van der Waals surface area contributed by atoms with Crippen molar-refractivity contribution in [3.63, 3.8) is 0 Å².